The maximum absolute atomic E-state index is 5.52. The minimum absolute atomic E-state index is 0.700. The van der Waals surface area contributed by atoms with Crippen molar-refractivity contribution in [2.24, 2.45) is 0 Å². The Morgan fingerprint density at radius 2 is 1.76 bits per heavy atom. The third kappa shape index (κ3) is 8.55. The van der Waals surface area contributed by atoms with Crippen molar-refractivity contribution in [2.75, 3.05) is 46.7 Å². The van der Waals surface area contributed by atoms with Crippen LogP contribution in [0.2, 0.25) is 0 Å². The van der Waals surface area contributed by atoms with Crippen LogP contribution < -0.4 is 5.32 Å². The number of hydrogen-bond acceptors (Lipinski definition) is 4. The highest BCUT2D eigenvalue weighted by molar-refractivity contribution is 4.73. The van der Waals surface area contributed by atoms with Gasteiger partial charge in [-0.1, -0.05) is 0 Å². The van der Waals surface area contributed by atoms with E-state index in [1.807, 2.05) is 0 Å². The third-order valence-corrected chi connectivity index (χ3v) is 3.01. The molecule has 0 saturated carbocycles. The molecular weight excluding hydrogens is 218 g/mol. The maximum Gasteiger partial charge on any atom is 0.0700 e. The number of methoxy groups -OCH3 is 1. The molecule has 1 unspecified atom stereocenters. The largest absolute Gasteiger partial charge is 0.385 e. The Morgan fingerprint density at radius 1 is 1.00 bits per heavy atom. The maximum atomic E-state index is 5.52. The normalized spacial score (nSPS) is 19.9. The number of nitrogens with one attached hydrogen (secondary N) is 1. The SMILES string of the molecule is COCCCOCCOCCCC1CCCN1. The predicted molar refractivity (Wildman–Crippen MR) is 68.4 cm³/mol. The van der Waals surface area contributed by atoms with E-state index in [2.05, 4.69) is 5.32 Å². The van der Waals surface area contributed by atoms with Crippen molar-refractivity contribution in [2.45, 2.75) is 38.1 Å². The van der Waals surface area contributed by atoms with Gasteiger partial charge in [-0.15, -0.1) is 0 Å². The Kier molecular flexibility index (Phi) is 9.61. The molecule has 1 heterocycles. The molecule has 4 heteroatoms. The molecule has 1 aliphatic rings. The van der Waals surface area contributed by atoms with Crippen molar-refractivity contribution in [1.82, 2.24) is 5.32 Å². The molecule has 1 aliphatic heterocycles. The zero-order chi connectivity index (χ0) is 12.2. The molecule has 0 spiro atoms. The van der Waals surface area contributed by atoms with Crippen molar-refractivity contribution >= 4 is 0 Å². The Labute approximate surface area is 105 Å². The molecule has 17 heavy (non-hydrogen) atoms. The zero-order valence-electron chi connectivity index (χ0n) is 11.1. The van der Waals surface area contributed by atoms with Crippen molar-refractivity contribution in [3.05, 3.63) is 0 Å². The summed E-state index contributed by atoms with van der Waals surface area (Å²) < 4.78 is 15.8. The standard InChI is InChI=1S/C13H27NO3/c1-15-8-4-10-17-12-11-16-9-3-6-13-5-2-7-14-13/h13-14H,2-12H2,1H3. The van der Waals surface area contributed by atoms with Crippen molar-refractivity contribution in [1.29, 1.82) is 0 Å². The second-order valence-corrected chi connectivity index (χ2v) is 4.51. The lowest BCUT2D eigenvalue weighted by atomic mass is 10.1. The van der Waals surface area contributed by atoms with Crippen molar-refractivity contribution in [3.8, 4) is 0 Å². The average Bonchev–Trinajstić information content (AvgIpc) is 2.85. The molecule has 1 saturated heterocycles. The Balaban J connectivity index is 1.69. The van der Waals surface area contributed by atoms with Gasteiger partial charge in [-0.3, -0.25) is 0 Å². The van der Waals surface area contributed by atoms with E-state index in [1.165, 1.54) is 25.8 Å². The van der Waals surface area contributed by atoms with Gasteiger partial charge in [-0.25, -0.2) is 0 Å². The summed E-state index contributed by atoms with van der Waals surface area (Å²) in [6, 6.07) is 0.740. The van der Waals surface area contributed by atoms with E-state index in [1.54, 1.807) is 7.11 Å². The summed E-state index contributed by atoms with van der Waals surface area (Å²) in [5.74, 6) is 0. The van der Waals surface area contributed by atoms with E-state index in [4.69, 9.17) is 14.2 Å². The van der Waals surface area contributed by atoms with Crippen LogP contribution in [0.25, 0.3) is 0 Å². The summed E-state index contributed by atoms with van der Waals surface area (Å²) in [5, 5.41) is 3.50. The molecular formula is C13H27NO3. The molecule has 1 N–H and O–H groups in total. The van der Waals surface area contributed by atoms with Gasteiger partial charge in [0.2, 0.25) is 0 Å². The van der Waals surface area contributed by atoms with Gasteiger partial charge in [0.1, 0.15) is 0 Å². The van der Waals surface area contributed by atoms with Gasteiger partial charge in [-0.05, 0) is 38.6 Å². The fourth-order valence-corrected chi connectivity index (χ4v) is 2.06. The summed E-state index contributed by atoms with van der Waals surface area (Å²) in [7, 11) is 1.71. The highest BCUT2D eigenvalue weighted by Gasteiger charge is 2.12. The zero-order valence-corrected chi connectivity index (χ0v) is 11.1. The van der Waals surface area contributed by atoms with Crippen molar-refractivity contribution in [3.63, 3.8) is 0 Å². The first-order chi connectivity index (χ1) is 8.43. The van der Waals surface area contributed by atoms with Gasteiger partial charge in [0.05, 0.1) is 13.2 Å². The van der Waals surface area contributed by atoms with Crippen LogP contribution in [-0.2, 0) is 14.2 Å². The van der Waals surface area contributed by atoms with E-state index in [0.717, 1.165) is 38.7 Å². The second-order valence-electron chi connectivity index (χ2n) is 4.51. The highest BCUT2D eigenvalue weighted by Crippen LogP contribution is 2.10. The van der Waals surface area contributed by atoms with E-state index >= 15 is 0 Å². The number of ether oxygens (including phenoxy) is 3. The fourth-order valence-electron chi connectivity index (χ4n) is 2.06. The van der Waals surface area contributed by atoms with E-state index < -0.39 is 0 Å². The molecule has 0 bridgehead atoms. The number of hydrogen-bond donors (Lipinski definition) is 1. The van der Waals surface area contributed by atoms with Gasteiger partial charge in [0.25, 0.3) is 0 Å². The Bertz CT molecular complexity index is 161. The fraction of sp³-hybridized carbons (Fsp3) is 1.00. The molecule has 1 fully saturated rings. The third-order valence-electron chi connectivity index (χ3n) is 3.01. The second kappa shape index (κ2) is 11.0. The lowest BCUT2D eigenvalue weighted by Gasteiger charge is -2.10. The van der Waals surface area contributed by atoms with Crippen LogP contribution in [0.3, 0.4) is 0 Å². The van der Waals surface area contributed by atoms with Gasteiger partial charge in [0.15, 0.2) is 0 Å². The van der Waals surface area contributed by atoms with E-state index in [0.29, 0.717) is 13.2 Å². The van der Waals surface area contributed by atoms with Crippen LogP contribution in [0, 0.1) is 0 Å². The molecule has 0 aromatic carbocycles. The van der Waals surface area contributed by atoms with Crippen molar-refractivity contribution < 1.29 is 14.2 Å². The van der Waals surface area contributed by atoms with Crippen LogP contribution in [0.15, 0.2) is 0 Å². The summed E-state index contributed by atoms with van der Waals surface area (Å²) in [5.41, 5.74) is 0. The Morgan fingerprint density at radius 3 is 2.41 bits per heavy atom. The summed E-state index contributed by atoms with van der Waals surface area (Å²) in [6.07, 6.45) is 6.03. The molecule has 0 aliphatic carbocycles. The number of rotatable bonds is 11. The molecule has 1 atom stereocenters. The van der Waals surface area contributed by atoms with Crippen LogP contribution >= 0.6 is 0 Å². The molecule has 102 valence electrons. The van der Waals surface area contributed by atoms with Crippen LogP contribution in [0.1, 0.15) is 32.1 Å². The summed E-state index contributed by atoms with van der Waals surface area (Å²) in [6.45, 7) is 5.01. The quantitative estimate of drug-likeness (QED) is 0.561. The van der Waals surface area contributed by atoms with Crippen LogP contribution in [-0.4, -0.2) is 52.7 Å². The molecule has 0 amide bonds. The predicted octanol–water partition coefficient (Wildman–Crippen LogP) is 1.59. The first-order valence-corrected chi connectivity index (χ1v) is 6.81. The first-order valence-electron chi connectivity index (χ1n) is 6.81. The Hall–Kier alpha value is -0.160. The topological polar surface area (TPSA) is 39.7 Å². The molecule has 1 rings (SSSR count). The smallest absolute Gasteiger partial charge is 0.0700 e. The average molecular weight is 245 g/mol. The summed E-state index contributed by atoms with van der Waals surface area (Å²) >= 11 is 0. The van der Waals surface area contributed by atoms with Gasteiger partial charge >= 0.3 is 0 Å². The summed E-state index contributed by atoms with van der Waals surface area (Å²) in [4.78, 5) is 0. The van der Waals surface area contributed by atoms with Gasteiger partial charge in [0, 0.05) is 33.0 Å². The minimum Gasteiger partial charge on any atom is -0.385 e. The first kappa shape index (κ1) is 14.9. The lowest BCUT2D eigenvalue weighted by Crippen LogP contribution is -2.21. The highest BCUT2D eigenvalue weighted by atomic mass is 16.5. The molecule has 0 aromatic heterocycles. The minimum atomic E-state index is 0.700. The van der Waals surface area contributed by atoms with E-state index in [9.17, 15) is 0 Å². The van der Waals surface area contributed by atoms with Gasteiger partial charge in [-0.2, -0.15) is 0 Å². The molecule has 0 aromatic rings. The lowest BCUT2D eigenvalue weighted by molar-refractivity contribution is 0.0383. The molecule has 0 radical (unpaired) electrons. The molecule has 4 nitrogen and oxygen atoms in total. The van der Waals surface area contributed by atoms with Crippen LogP contribution in [0.5, 0.6) is 0 Å². The monoisotopic (exact) mass is 245 g/mol. The van der Waals surface area contributed by atoms with Crippen LogP contribution in [0.4, 0.5) is 0 Å². The van der Waals surface area contributed by atoms with E-state index in [-0.39, 0.29) is 0 Å². The van der Waals surface area contributed by atoms with Gasteiger partial charge < -0.3 is 19.5 Å².